The average Bonchev–Trinajstić information content (AvgIpc) is 3.06. The summed E-state index contributed by atoms with van der Waals surface area (Å²) in [5.74, 6) is -0.499. The summed E-state index contributed by atoms with van der Waals surface area (Å²) in [5.41, 5.74) is -0.432. The SMILES string of the molecule is O=c1[nH]nc(C2CCN(c3ccc(Cl)c(C(F)(F)F)c3)C2)o1. The van der Waals surface area contributed by atoms with Gasteiger partial charge in [0, 0.05) is 18.8 Å². The van der Waals surface area contributed by atoms with Crippen molar-refractivity contribution < 1.29 is 17.6 Å². The fourth-order valence-electron chi connectivity index (χ4n) is 2.54. The van der Waals surface area contributed by atoms with Crippen molar-refractivity contribution in [3.8, 4) is 0 Å². The van der Waals surface area contributed by atoms with Crippen molar-refractivity contribution in [3.05, 3.63) is 45.2 Å². The maximum absolute atomic E-state index is 12.9. The average molecular weight is 334 g/mol. The van der Waals surface area contributed by atoms with Crippen LogP contribution in [0.5, 0.6) is 0 Å². The highest BCUT2D eigenvalue weighted by Crippen LogP contribution is 2.38. The number of alkyl halides is 3. The summed E-state index contributed by atoms with van der Waals surface area (Å²) in [5, 5.41) is 5.62. The molecule has 1 fully saturated rings. The van der Waals surface area contributed by atoms with Crippen LogP contribution in [0.2, 0.25) is 5.02 Å². The summed E-state index contributed by atoms with van der Waals surface area (Å²) in [6.45, 7) is 0.965. The second kappa shape index (κ2) is 5.35. The van der Waals surface area contributed by atoms with E-state index in [1.807, 2.05) is 0 Å². The molecule has 0 saturated carbocycles. The minimum Gasteiger partial charge on any atom is -0.392 e. The Bertz CT molecular complexity index is 741. The zero-order valence-electron chi connectivity index (χ0n) is 11.2. The molecule has 1 aliphatic heterocycles. The number of nitrogens with one attached hydrogen (secondary N) is 1. The number of hydrogen-bond acceptors (Lipinski definition) is 4. The van der Waals surface area contributed by atoms with Crippen molar-refractivity contribution in [1.29, 1.82) is 0 Å². The van der Waals surface area contributed by atoms with Crippen LogP contribution in [0.15, 0.2) is 27.4 Å². The topological polar surface area (TPSA) is 62.1 Å². The lowest BCUT2D eigenvalue weighted by Gasteiger charge is -2.20. The molecular weight excluding hydrogens is 323 g/mol. The van der Waals surface area contributed by atoms with Gasteiger partial charge in [-0.25, -0.2) is 9.89 Å². The van der Waals surface area contributed by atoms with Gasteiger partial charge in [0.2, 0.25) is 5.89 Å². The normalized spacial score (nSPS) is 18.9. The van der Waals surface area contributed by atoms with Gasteiger partial charge in [0.15, 0.2) is 0 Å². The lowest BCUT2D eigenvalue weighted by molar-refractivity contribution is -0.137. The van der Waals surface area contributed by atoms with Gasteiger partial charge < -0.3 is 9.32 Å². The lowest BCUT2D eigenvalue weighted by Crippen LogP contribution is -2.20. The molecule has 1 atom stereocenters. The van der Waals surface area contributed by atoms with Crippen LogP contribution in [-0.4, -0.2) is 23.3 Å². The molecule has 1 aromatic carbocycles. The molecule has 0 spiro atoms. The quantitative estimate of drug-likeness (QED) is 0.917. The largest absolute Gasteiger partial charge is 0.434 e. The third-order valence-electron chi connectivity index (χ3n) is 3.61. The van der Waals surface area contributed by atoms with E-state index in [1.165, 1.54) is 6.07 Å². The zero-order valence-corrected chi connectivity index (χ0v) is 11.9. The highest BCUT2D eigenvalue weighted by Gasteiger charge is 2.35. The van der Waals surface area contributed by atoms with Crippen LogP contribution < -0.4 is 10.7 Å². The maximum atomic E-state index is 12.9. The molecule has 2 aromatic rings. The van der Waals surface area contributed by atoms with Gasteiger partial charge >= 0.3 is 11.9 Å². The minimum absolute atomic E-state index is 0.135. The second-order valence-electron chi connectivity index (χ2n) is 5.04. The van der Waals surface area contributed by atoms with E-state index in [-0.39, 0.29) is 16.8 Å². The first-order valence-electron chi connectivity index (χ1n) is 6.51. The Hall–Kier alpha value is -1.96. The van der Waals surface area contributed by atoms with Gasteiger partial charge in [-0.05, 0) is 24.6 Å². The van der Waals surface area contributed by atoms with Crippen LogP contribution in [-0.2, 0) is 6.18 Å². The molecule has 2 heterocycles. The lowest BCUT2D eigenvalue weighted by atomic mass is 10.1. The number of rotatable bonds is 2. The molecule has 3 rings (SSSR count). The predicted octanol–water partition coefficient (Wildman–Crippen LogP) is 3.03. The second-order valence-corrected chi connectivity index (χ2v) is 5.45. The molecule has 1 N–H and O–H groups in total. The number of aromatic nitrogens is 2. The van der Waals surface area contributed by atoms with Crippen LogP contribution in [0, 0.1) is 0 Å². The Balaban J connectivity index is 1.83. The van der Waals surface area contributed by atoms with Crippen molar-refractivity contribution in [2.75, 3.05) is 18.0 Å². The Labute approximate surface area is 127 Å². The number of nitrogens with zero attached hydrogens (tertiary/aromatic N) is 2. The van der Waals surface area contributed by atoms with E-state index >= 15 is 0 Å². The van der Waals surface area contributed by atoms with E-state index in [0.29, 0.717) is 25.2 Å². The number of anilines is 1. The van der Waals surface area contributed by atoms with E-state index in [0.717, 1.165) is 6.07 Å². The van der Waals surface area contributed by atoms with Crippen LogP contribution in [0.4, 0.5) is 18.9 Å². The van der Waals surface area contributed by atoms with E-state index in [2.05, 4.69) is 10.2 Å². The molecule has 118 valence electrons. The predicted molar refractivity (Wildman–Crippen MR) is 73.1 cm³/mol. The van der Waals surface area contributed by atoms with Crippen molar-refractivity contribution in [2.24, 2.45) is 0 Å². The first kappa shape index (κ1) is 15.0. The van der Waals surface area contributed by atoms with Gasteiger partial charge in [-0.3, -0.25) is 0 Å². The number of halogens is 4. The van der Waals surface area contributed by atoms with Crippen LogP contribution in [0.25, 0.3) is 0 Å². The molecule has 0 aliphatic carbocycles. The van der Waals surface area contributed by atoms with Crippen molar-refractivity contribution in [1.82, 2.24) is 10.2 Å². The third kappa shape index (κ3) is 2.83. The molecule has 1 unspecified atom stereocenters. The highest BCUT2D eigenvalue weighted by molar-refractivity contribution is 6.31. The van der Waals surface area contributed by atoms with Gasteiger partial charge in [-0.15, -0.1) is 5.10 Å². The molecule has 1 saturated heterocycles. The number of hydrogen-bond donors (Lipinski definition) is 1. The fraction of sp³-hybridized carbons (Fsp3) is 0.385. The number of aromatic amines is 1. The summed E-state index contributed by atoms with van der Waals surface area (Å²) in [7, 11) is 0. The third-order valence-corrected chi connectivity index (χ3v) is 3.94. The molecule has 0 radical (unpaired) electrons. The van der Waals surface area contributed by atoms with Gasteiger partial charge in [0.1, 0.15) is 0 Å². The summed E-state index contributed by atoms with van der Waals surface area (Å²) in [6.07, 6.45) is -3.86. The Morgan fingerprint density at radius 3 is 2.82 bits per heavy atom. The number of benzene rings is 1. The maximum Gasteiger partial charge on any atom is 0.434 e. The Morgan fingerprint density at radius 1 is 1.41 bits per heavy atom. The van der Waals surface area contributed by atoms with E-state index in [4.69, 9.17) is 16.0 Å². The van der Waals surface area contributed by atoms with Gasteiger partial charge in [0.25, 0.3) is 0 Å². The molecule has 0 amide bonds. The highest BCUT2D eigenvalue weighted by atomic mass is 35.5. The fourth-order valence-corrected chi connectivity index (χ4v) is 2.76. The van der Waals surface area contributed by atoms with Gasteiger partial charge in [-0.2, -0.15) is 13.2 Å². The molecule has 22 heavy (non-hydrogen) atoms. The van der Waals surface area contributed by atoms with Crippen molar-refractivity contribution in [2.45, 2.75) is 18.5 Å². The molecule has 1 aliphatic rings. The van der Waals surface area contributed by atoms with Gasteiger partial charge in [-0.1, -0.05) is 11.6 Å². The summed E-state index contributed by atoms with van der Waals surface area (Å²) < 4.78 is 43.6. The number of H-pyrrole nitrogens is 1. The Kier molecular flexibility index (Phi) is 3.64. The monoisotopic (exact) mass is 333 g/mol. The van der Waals surface area contributed by atoms with Crippen molar-refractivity contribution >= 4 is 17.3 Å². The van der Waals surface area contributed by atoms with Crippen molar-refractivity contribution in [3.63, 3.8) is 0 Å². The smallest absolute Gasteiger partial charge is 0.392 e. The van der Waals surface area contributed by atoms with Crippen LogP contribution in [0.1, 0.15) is 23.8 Å². The summed E-state index contributed by atoms with van der Waals surface area (Å²) in [4.78, 5) is 12.7. The van der Waals surface area contributed by atoms with Crippen LogP contribution in [0.3, 0.4) is 0 Å². The van der Waals surface area contributed by atoms with E-state index < -0.39 is 17.5 Å². The summed E-state index contributed by atoms with van der Waals surface area (Å²) >= 11 is 5.61. The first-order valence-corrected chi connectivity index (χ1v) is 6.89. The molecular formula is C13H11ClF3N3O2. The molecule has 1 aromatic heterocycles. The standard InChI is InChI=1S/C13H11ClF3N3O2/c14-10-2-1-8(5-9(10)13(15,16)17)20-4-3-7(6-20)11-18-19-12(21)22-11/h1-2,5,7H,3-4,6H2,(H,19,21). The molecule has 0 bridgehead atoms. The minimum atomic E-state index is -4.50. The van der Waals surface area contributed by atoms with E-state index in [1.54, 1.807) is 11.0 Å². The molecule has 9 heteroatoms. The van der Waals surface area contributed by atoms with Crippen LogP contribution >= 0.6 is 11.6 Å². The molecule has 5 nitrogen and oxygen atoms in total. The van der Waals surface area contributed by atoms with Gasteiger partial charge in [0.05, 0.1) is 16.5 Å². The first-order chi connectivity index (χ1) is 10.3. The zero-order chi connectivity index (χ0) is 15.9. The Morgan fingerprint density at radius 2 is 2.18 bits per heavy atom. The van der Waals surface area contributed by atoms with E-state index in [9.17, 15) is 18.0 Å². The summed E-state index contributed by atoms with van der Waals surface area (Å²) in [6, 6.07) is 3.81.